The van der Waals surface area contributed by atoms with Gasteiger partial charge in [-0.3, -0.25) is 14.4 Å². The van der Waals surface area contributed by atoms with Crippen LogP contribution >= 0.6 is 0 Å². The smallest absolute Gasteiger partial charge is 0.305 e. The highest BCUT2D eigenvalue weighted by atomic mass is 16.4. The van der Waals surface area contributed by atoms with Gasteiger partial charge in [0.25, 0.3) is 0 Å². The van der Waals surface area contributed by atoms with E-state index in [4.69, 9.17) is 10.8 Å². The highest BCUT2D eigenvalue weighted by molar-refractivity contribution is 5.86. The van der Waals surface area contributed by atoms with E-state index >= 15 is 0 Å². The number of carboxylic acid groups (broad SMARTS) is 1. The Morgan fingerprint density at radius 2 is 1.80 bits per heavy atom. The van der Waals surface area contributed by atoms with E-state index in [0.717, 1.165) is 25.7 Å². The normalized spacial score (nSPS) is 18.9. The Morgan fingerprint density at radius 3 is 2.35 bits per heavy atom. The van der Waals surface area contributed by atoms with E-state index in [-0.39, 0.29) is 11.8 Å². The van der Waals surface area contributed by atoms with Crippen LogP contribution in [0, 0.1) is 5.92 Å². The van der Waals surface area contributed by atoms with Crippen molar-refractivity contribution in [1.29, 1.82) is 0 Å². The molecule has 1 fully saturated rings. The molecule has 1 saturated carbocycles. The van der Waals surface area contributed by atoms with Gasteiger partial charge in [-0.25, -0.2) is 0 Å². The number of carbonyl (C=O) groups excluding carboxylic acids is 2. The lowest BCUT2D eigenvalue weighted by atomic mass is 9.88. The molecular weight excluding hydrogens is 262 g/mol. The average molecular weight is 285 g/mol. The van der Waals surface area contributed by atoms with E-state index in [1.165, 1.54) is 6.42 Å². The van der Waals surface area contributed by atoms with Gasteiger partial charge in [-0.1, -0.05) is 19.3 Å². The van der Waals surface area contributed by atoms with Crippen molar-refractivity contribution >= 4 is 17.8 Å². The van der Waals surface area contributed by atoms with E-state index in [1.807, 2.05) is 0 Å². The first-order valence-corrected chi connectivity index (χ1v) is 6.98. The molecule has 1 rings (SSSR count). The minimum absolute atomic E-state index is 0.01000. The zero-order valence-electron chi connectivity index (χ0n) is 11.7. The molecular formula is C13H23N3O4. The van der Waals surface area contributed by atoms with E-state index in [9.17, 15) is 14.4 Å². The zero-order valence-corrected chi connectivity index (χ0v) is 11.7. The van der Waals surface area contributed by atoms with E-state index in [2.05, 4.69) is 10.6 Å². The summed E-state index contributed by atoms with van der Waals surface area (Å²) in [6.45, 7) is 1.63. The second-order valence-corrected chi connectivity index (χ2v) is 5.28. The van der Waals surface area contributed by atoms with Gasteiger partial charge in [0.05, 0.1) is 18.6 Å². The maximum absolute atomic E-state index is 11.9. The summed E-state index contributed by atoms with van der Waals surface area (Å²) in [5.41, 5.74) is 5.43. The lowest BCUT2D eigenvalue weighted by Crippen LogP contribution is -2.52. The molecule has 7 heteroatoms. The summed E-state index contributed by atoms with van der Waals surface area (Å²) in [7, 11) is 0. The van der Waals surface area contributed by atoms with Crippen LogP contribution in [0.3, 0.4) is 0 Å². The molecule has 1 aliphatic rings. The predicted molar refractivity (Wildman–Crippen MR) is 72.6 cm³/mol. The fraction of sp³-hybridized carbons (Fsp3) is 0.769. The van der Waals surface area contributed by atoms with Crippen LogP contribution in [-0.2, 0) is 14.4 Å². The molecule has 0 spiro atoms. The van der Waals surface area contributed by atoms with Crippen LogP contribution in [-0.4, -0.2) is 35.1 Å². The summed E-state index contributed by atoms with van der Waals surface area (Å²) in [6, 6.07) is -1.11. The number of hydrogen-bond acceptors (Lipinski definition) is 4. The average Bonchev–Trinajstić information content (AvgIpc) is 2.38. The van der Waals surface area contributed by atoms with Crippen LogP contribution in [0.4, 0.5) is 0 Å². The van der Waals surface area contributed by atoms with Gasteiger partial charge in [0, 0.05) is 5.92 Å². The fourth-order valence-corrected chi connectivity index (χ4v) is 2.33. The van der Waals surface area contributed by atoms with Crippen LogP contribution in [0.5, 0.6) is 0 Å². The summed E-state index contributed by atoms with van der Waals surface area (Å²) in [4.78, 5) is 34.0. The minimum atomic E-state index is -1.13. The Hall–Kier alpha value is -1.63. The fourth-order valence-electron chi connectivity index (χ4n) is 2.33. The monoisotopic (exact) mass is 285 g/mol. The lowest BCUT2D eigenvalue weighted by Gasteiger charge is -2.24. The molecule has 20 heavy (non-hydrogen) atoms. The second kappa shape index (κ2) is 7.84. The van der Waals surface area contributed by atoms with Crippen molar-refractivity contribution in [3.63, 3.8) is 0 Å². The largest absolute Gasteiger partial charge is 0.481 e. The van der Waals surface area contributed by atoms with Crippen molar-refractivity contribution in [3.8, 4) is 0 Å². The molecule has 0 aromatic carbocycles. The van der Waals surface area contributed by atoms with Gasteiger partial charge < -0.3 is 21.5 Å². The Balaban J connectivity index is 2.34. The third kappa shape index (κ3) is 5.56. The third-order valence-corrected chi connectivity index (χ3v) is 3.42. The number of nitrogens with two attached hydrogens (primary N) is 1. The molecule has 0 aromatic rings. The molecule has 2 unspecified atom stereocenters. The SMILES string of the molecule is CC(NC(=O)C(N)CC(=O)O)NC(=O)C1CCCCC1. The third-order valence-electron chi connectivity index (χ3n) is 3.42. The molecule has 0 aliphatic heterocycles. The molecule has 2 amide bonds. The van der Waals surface area contributed by atoms with Crippen molar-refractivity contribution in [2.45, 2.75) is 57.7 Å². The van der Waals surface area contributed by atoms with Gasteiger partial charge >= 0.3 is 5.97 Å². The maximum Gasteiger partial charge on any atom is 0.305 e. The number of carboxylic acids is 1. The Labute approximate surface area is 118 Å². The summed E-state index contributed by atoms with van der Waals surface area (Å²) in [5.74, 6) is -1.77. The number of carbonyl (C=O) groups is 3. The molecule has 114 valence electrons. The first-order valence-electron chi connectivity index (χ1n) is 6.98. The first-order chi connectivity index (χ1) is 9.40. The van der Waals surface area contributed by atoms with Gasteiger partial charge in [-0.2, -0.15) is 0 Å². The topological polar surface area (TPSA) is 122 Å². The Morgan fingerprint density at radius 1 is 1.20 bits per heavy atom. The summed E-state index contributed by atoms with van der Waals surface area (Å²) in [6.07, 6.45) is 4.05. The molecule has 0 radical (unpaired) electrons. The van der Waals surface area contributed by atoms with Gasteiger partial charge in [-0.05, 0) is 19.8 Å². The minimum Gasteiger partial charge on any atom is -0.481 e. The number of nitrogens with one attached hydrogen (secondary N) is 2. The quantitative estimate of drug-likeness (QED) is 0.510. The molecule has 0 saturated heterocycles. The van der Waals surface area contributed by atoms with Crippen LogP contribution in [0.1, 0.15) is 45.4 Å². The lowest BCUT2D eigenvalue weighted by molar-refractivity contribution is -0.139. The van der Waals surface area contributed by atoms with E-state index in [1.54, 1.807) is 6.92 Å². The second-order valence-electron chi connectivity index (χ2n) is 5.28. The van der Waals surface area contributed by atoms with Gasteiger partial charge in [0.2, 0.25) is 11.8 Å². The predicted octanol–water partition coefficient (Wildman–Crippen LogP) is -0.0529. The van der Waals surface area contributed by atoms with Gasteiger partial charge in [-0.15, -0.1) is 0 Å². The summed E-state index contributed by atoms with van der Waals surface area (Å²) in [5, 5.41) is 13.8. The van der Waals surface area contributed by atoms with Gasteiger partial charge in [0.15, 0.2) is 0 Å². The van der Waals surface area contributed by atoms with Crippen molar-refractivity contribution in [2.75, 3.05) is 0 Å². The number of aliphatic carboxylic acids is 1. The van der Waals surface area contributed by atoms with Crippen LogP contribution in [0.15, 0.2) is 0 Å². The molecule has 7 nitrogen and oxygen atoms in total. The molecule has 0 bridgehead atoms. The van der Waals surface area contributed by atoms with E-state index in [0.29, 0.717) is 0 Å². The molecule has 1 aliphatic carbocycles. The summed E-state index contributed by atoms with van der Waals surface area (Å²) < 4.78 is 0. The molecule has 0 aromatic heterocycles. The highest BCUT2D eigenvalue weighted by Crippen LogP contribution is 2.23. The highest BCUT2D eigenvalue weighted by Gasteiger charge is 2.24. The number of amides is 2. The van der Waals surface area contributed by atoms with E-state index < -0.39 is 30.5 Å². The van der Waals surface area contributed by atoms with Crippen molar-refractivity contribution < 1.29 is 19.5 Å². The Bertz CT molecular complexity index is 367. The molecule has 0 heterocycles. The van der Waals surface area contributed by atoms with Gasteiger partial charge in [0.1, 0.15) is 0 Å². The van der Waals surface area contributed by atoms with Crippen LogP contribution in [0.2, 0.25) is 0 Å². The maximum atomic E-state index is 11.9. The van der Waals surface area contributed by atoms with Crippen molar-refractivity contribution in [3.05, 3.63) is 0 Å². The number of hydrogen-bond donors (Lipinski definition) is 4. The molecule has 2 atom stereocenters. The van der Waals surface area contributed by atoms with Crippen LogP contribution < -0.4 is 16.4 Å². The van der Waals surface area contributed by atoms with Crippen LogP contribution in [0.25, 0.3) is 0 Å². The summed E-state index contributed by atoms with van der Waals surface area (Å²) >= 11 is 0. The number of rotatable bonds is 6. The zero-order chi connectivity index (χ0) is 15.1. The molecule has 5 N–H and O–H groups in total. The van der Waals surface area contributed by atoms with Crippen molar-refractivity contribution in [2.24, 2.45) is 11.7 Å². The Kier molecular flexibility index (Phi) is 6.44. The standard InChI is InChI=1S/C13H23N3O4/c1-8(16-13(20)10(14)7-11(17)18)15-12(19)9-5-3-2-4-6-9/h8-10H,2-7,14H2,1H3,(H,15,19)(H,16,20)(H,17,18). The first kappa shape index (κ1) is 16.4. The van der Waals surface area contributed by atoms with Crippen molar-refractivity contribution in [1.82, 2.24) is 10.6 Å².